The average molecular weight is 849 g/mol. The summed E-state index contributed by atoms with van der Waals surface area (Å²) in [6.07, 6.45) is 58.6. The minimum Gasteiger partial charge on any atom is -0.477 e. The van der Waals surface area contributed by atoms with Gasteiger partial charge in [-0.05, 0) is 77.0 Å². The summed E-state index contributed by atoms with van der Waals surface area (Å²) in [6.45, 7) is 4.48. The van der Waals surface area contributed by atoms with E-state index >= 15 is 0 Å². The number of quaternary nitrogens is 1. The molecule has 2 atom stereocenters. The molecule has 2 unspecified atom stereocenters. The Morgan fingerprint density at radius 2 is 1.02 bits per heavy atom. The number of nitrogens with zero attached hydrogens (tertiary/aromatic N) is 1. The summed E-state index contributed by atoms with van der Waals surface area (Å²) in [5.74, 6) is -1.61. The van der Waals surface area contributed by atoms with Crippen molar-refractivity contribution in [2.75, 3.05) is 41.0 Å². The number of rotatable bonds is 40. The van der Waals surface area contributed by atoms with Crippen LogP contribution in [-0.4, -0.2) is 80.6 Å². The largest absolute Gasteiger partial charge is 0.477 e. The van der Waals surface area contributed by atoms with E-state index in [0.29, 0.717) is 12.8 Å². The van der Waals surface area contributed by atoms with Gasteiger partial charge in [0.2, 0.25) is 0 Å². The molecule has 0 aromatic carbocycles. The Bertz CT molecular complexity index is 1360. The van der Waals surface area contributed by atoms with E-state index in [4.69, 9.17) is 14.2 Å². The van der Waals surface area contributed by atoms with Gasteiger partial charge < -0.3 is 23.8 Å². The van der Waals surface area contributed by atoms with Crippen LogP contribution in [0.4, 0.5) is 0 Å². The van der Waals surface area contributed by atoms with Gasteiger partial charge in [0.15, 0.2) is 12.1 Å². The van der Waals surface area contributed by atoms with E-state index in [1.807, 2.05) is 33.3 Å². The minimum atomic E-state index is -0.893. The van der Waals surface area contributed by atoms with Gasteiger partial charge in [-0.15, -0.1) is 0 Å². The first kappa shape index (κ1) is 57.0. The molecule has 0 aliphatic rings. The Balaban J connectivity index is 4.50. The third kappa shape index (κ3) is 41.1. The summed E-state index contributed by atoms with van der Waals surface area (Å²) in [6, 6.07) is -0.636. The Kier molecular flexibility index (Phi) is 39.9. The van der Waals surface area contributed by atoms with Crippen molar-refractivity contribution in [3.63, 3.8) is 0 Å². The number of carboxylic acid groups (broad SMARTS) is 1. The van der Waals surface area contributed by atoms with E-state index in [1.54, 1.807) is 0 Å². The SMILES string of the molecule is CC/C=C/C/C=C/C/C=C/C/C=C/C/C=C/C/C=C/CCC(=O)OCC(COCCC(C(=O)O)[N+](C)(C)C)OC(=O)CCCCCCC/C=C/C=C/C=C/CCCCCCC. The van der Waals surface area contributed by atoms with E-state index in [0.717, 1.165) is 83.5 Å². The smallest absolute Gasteiger partial charge is 0.362 e. The predicted octanol–water partition coefficient (Wildman–Crippen LogP) is 13.2. The van der Waals surface area contributed by atoms with Gasteiger partial charge >= 0.3 is 17.9 Å². The number of likely N-dealkylation sites (N-methyl/N-ethyl adjacent to an activating group) is 1. The molecular weight excluding hydrogens is 763 g/mol. The molecular formula is C53H86NO7+. The fourth-order valence-electron chi connectivity index (χ4n) is 6.12. The summed E-state index contributed by atoms with van der Waals surface area (Å²) >= 11 is 0. The van der Waals surface area contributed by atoms with Crippen LogP contribution in [-0.2, 0) is 28.6 Å². The highest BCUT2D eigenvalue weighted by Gasteiger charge is 2.31. The highest BCUT2D eigenvalue weighted by Crippen LogP contribution is 2.12. The molecule has 8 nitrogen and oxygen atoms in total. The van der Waals surface area contributed by atoms with Crippen molar-refractivity contribution >= 4 is 17.9 Å². The van der Waals surface area contributed by atoms with E-state index in [9.17, 15) is 19.5 Å². The lowest BCUT2D eigenvalue weighted by atomic mass is 10.1. The number of hydrogen-bond donors (Lipinski definition) is 1. The summed E-state index contributed by atoms with van der Waals surface area (Å²) < 4.78 is 17.2. The molecule has 0 rings (SSSR count). The Morgan fingerprint density at radius 1 is 0.525 bits per heavy atom. The van der Waals surface area contributed by atoms with E-state index in [-0.39, 0.29) is 49.1 Å². The molecule has 0 fully saturated rings. The molecule has 0 aliphatic carbocycles. The first-order valence-electron chi connectivity index (χ1n) is 23.5. The summed E-state index contributed by atoms with van der Waals surface area (Å²) in [5, 5.41) is 9.63. The van der Waals surface area contributed by atoms with Crippen LogP contribution in [0, 0.1) is 0 Å². The van der Waals surface area contributed by atoms with Crippen molar-refractivity contribution in [2.45, 2.75) is 167 Å². The summed E-state index contributed by atoms with van der Waals surface area (Å²) in [7, 11) is 5.49. The number of hydrogen-bond acceptors (Lipinski definition) is 6. The quantitative estimate of drug-likeness (QED) is 0.0215. The molecule has 0 aromatic heterocycles. The molecule has 0 amide bonds. The van der Waals surface area contributed by atoms with Gasteiger partial charge in [0, 0.05) is 19.3 Å². The highest BCUT2D eigenvalue weighted by molar-refractivity contribution is 5.72. The fourth-order valence-corrected chi connectivity index (χ4v) is 6.12. The molecule has 0 saturated heterocycles. The maximum absolute atomic E-state index is 12.7. The van der Waals surface area contributed by atoms with Gasteiger partial charge in [-0.3, -0.25) is 9.59 Å². The molecule has 344 valence electrons. The predicted molar refractivity (Wildman–Crippen MR) is 256 cm³/mol. The van der Waals surface area contributed by atoms with Gasteiger partial charge in [-0.1, -0.05) is 168 Å². The molecule has 0 saturated carbocycles. The molecule has 8 heteroatoms. The zero-order valence-electron chi connectivity index (χ0n) is 39.1. The van der Waals surface area contributed by atoms with Crippen LogP contribution >= 0.6 is 0 Å². The standard InChI is InChI=1S/C53H85NO7/c1-6-8-10-12-14-16-18-20-22-24-26-28-29-31-33-35-37-39-41-43-51(55)60-48-49(47-59-46-45-50(53(57)58)54(3,4)5)61-52(56)44-42-40-38-36-34-32-30-27-25-23-21-19-17-15-13-11-9-7-2/h8,10,14,16,19-23,25-28,30-31,33,37,39,49-50H,6-7,9,11-13,15,17-18,24,29,32,34-36,38,40-48H2,1-5H3/p+1/b10-8+,16-14+,21-19+,22-20+,25-23+,28-26+,30-27+,33-31+,39-37+. The number of esters is 2. The van der Waals surface area contributed by atoms with Gasteiger partial charge in [-0.2, -0.15) is 0 Å². The van der Waals surface area contributed by atoms with Crippen molar-refractivity contribution in [2.24, 2.45) is 0 Å². The lowest BCUT2D eigenvalue weighted by molar-refractivity contribution is -0.887. The normalized spacial score (nSPS) is 13.9. The second-order valence-electron chi connectivity index (χ2n) is 16.3. The Hall–Kier alpha value is -4.01. The molecule has 0 spiro atoms. The van der Waals surface area contributed by atoms with Gasteiger partial charge in [0.05, 0.1) is 34.4 Å². The lowest BCUT2D eigenvalue weighted by Crippen LogP contribution is -2.50. The molecule has 0 heterocycles. The van der Waals surface area contributed by atoms with Crippen LogP contribution in [0.3, 0.4) is 0 Å². The van der Waals surface area contributed by atoms with Gasteiger partial charge in [0.25, 0.3) is 0 Å². The van der Waals surface area contributed by atoms with Crippen molar-refractivity contribution in [1.82, 2.24) is 0 Å². The van der Waals surface area contributed by atoms with Crippen LogP contribution < -0.4 is 0 Å². The van der Waals surface area contributed by atoms with E-state index in [1.165, 1.54) is 32.1 Å². The number of carboxylic acids is 1. The number of carbonyl (C=O) groups is 3. The Morgan fingerprint density at radius 3 is 1.52 bits per heavy atom. The van der Waals surface area contributed by atoms with Crippen molar-refractivity contribution in [3.05, 3.63) is 109 Å². The summed E-state index contributed by atoms with van der Waals surface area (Å²) in [4.78, 5) is 37.0. The second-order valence-corrected chi connectivity index (χ2v) is 16.3. The topological polar surface area (TPSA) is 99.1 Å². The van der Waals surface area contributed by atoms with Gasteiger partial charge in [-0.25, -0.2) is 4.79 Å². The molecule has 0 radical (unpaired) electrons. The third-order valence-corrected chi connectivity index (χ3v) is 9.73. The molecule has 0 bridgehead atoms. The zero-order chi connectivity index (χ0) is 44.9. The number of aliphatic carboxylic acids is 1. The number of unbranched alkanes of at least 4 members (excludes halogenated alkanes) is 10. The lowest BCUT2D eigenvalue weighted by Gasteiger charge is -2.31. The van der Waals surface area contributed by atoms with Crippen molar-refractivity contribution in [1.29, 1.82) is 0 Å². The van der Waals surface area contributed by atoms with E-state index < -0.39 is 18.1 Å². The monoisotopic (exact) mass is 849 g/mol. The van der Waals surface area contributed by atoms with Crippen LogP contribution in [0.2, 0.25) is 0 Å². The second kappa shape index (κ2) is 42.7. The zero-order valence-corrected chi connectivity index (χ0v) is 39.1. The first-order chi connectivity index (χ1) is 29.6. The van der Waals surface area contributed by atoms with Crippen LogP contribution in [0.1, 0.15) is 155 Å². The van der Waals surface area contributed by atoms with Crippen molar-refractivity contribution in [3.8, 4) is 0 Å². The van der Waals surface area contributed by atoms with Crippen LogP contribution in [0.5, 0.6) is 0 Å². The maximum Gasteiger partial charge on any atom is 0.362 e. The fraction of sp³-hybridized carbons (Fsp3) is 0.604. The first-order valence-corrected chi connectivity index (χ1v) is 23.5. The molecule has 61 heavy (non-hydrogen) atoms. The number of ether oxygens (including phenoxy) is 3. The molecule has 0 aromatic rings. The maximum atomic E-state index is 12.7. The highest BCUT2D eigenvalue weighted by atomic mass is 16.6. The number of carbonyl (C=O) groups excluding carboxylic acids is 2. The van der Waals surface area contributed by atoms with Crippen LogP contribution in [0.15, 0.2) is 109 Å². The van der Waals surface area contributed by atoms with Gasteiger partial charge in [0.1, 0.15) is 6.61 Å². The third-order valence-electron chi connectivity index (χ3n) is 9.73. The van der Waals surface area contributed by atoms with Crippen molar-refractivity contribution < 1.29 is 38.2 Å². The van der Waals surface area contributed by atoms with Crippen LogP contribution in [0.25, 0.3) is 0 Å². The Labute approximate surface area is 372 Å². The molecule has 0 aliphatic heterocycles. The minimum absolute atomic E-state index is 0.0216. The van der Waals surface area contributed by atoms with E-state index in [2.05, 4.69) is 111 Å². The summed E-state index contributed by atoms with van der Waals surface area (Å²) in [5.41, 5.74) is 0. The average Bonchev–Trinajstić information content (AvgIpc) is 3.22. The molecule has 1 N–H and O–H groups in total. The number of allylic oxidation sites excluding steroid dienone is 18.